The van der Waals surface area contributed by atoms with Crippen LogP contribution in [0.15, 0.2) is 47.0 Å². The molecule has 0 bridgehead atoms. The molecule has 0 saturated carbocycles. The number of aromatic nitrogens is 3. The van der Waals surface area contributed by atoms with Gasteiger partial charge in [0.2, 0.25) is 0 Å². The number of carbonyl (C=O) groups is 1. The third-order valence-electron chi connectivity index (χ3n) is 5.03. The van der Waals surface area contributed by atoms with Crippen molar-refractivity contribution >= 4 is 22.6 Å². The van der Waals surface area contributed by atoms with Crippen LogP contribution >= 0.6 is 0 Å². The largest absolute Gasteiger partial charge is 0.479 e. The zero-order valence-electron chi connectivity index (χ0n) is 18.3. The van der Waals surface area contributed by atoms with Gasteiger partial charge in [-0.25, -0.2) is 9.67 Å². The minimum Gasteiger partial charge on any atom is -0.479 e. The molecule has 32 heavy (non-hydrogen) atoms. The van der Waals surface area contributed by atoms with Crippen LogP contribution in [0.2, 0.25) is 0 Å². The van der Waals surface area contributed by atoms with Gasteiger partial charge in [-0.3, -0.25) is 4.79 Å². The fraction of sp³-hybridized carbons (Fsp3) is 0.250. The summed E-state index contributed by atoms with van der Waals surface area (Å²) in [6, 6.07) is 12.6. The molecule has 3 aromatic heterocycles. The fourth-order valence-corrected chi connectivity index (χ4v) is 3.56. The minimum absolute atomic E-state index is 0.0315. The van der Waals surface area contributed by atoms with Crippen molar-refractivity contribution < 1.29 is 13.9 Å². The van der Waals surface area contributed by atoms with E-state index in [0.29, 0.717) is 33.7 Å². The van der Waals surface area contributed by atoms with E-state index in [0.717, 1.165) is 17.1 Å². The molecule has 0 aliphatic rings. The van der Waals surface area contributed by atoms with Crippen molar-refractivity contribution in [2.75, 3.05) is 11.9 Å². The smallest absolute Gasteiger partial charge is 0.256 e. The number of hydrogen-bond acceptors (Lipinski definition) is 6. The van der Waals surface area contributed by atoms with Gasteiger partial charge in [-0.2, -0.15) is 10.4 Å². The molecule has 0 unspecified atom stereocenters. The zero-order chi connectivity index (χ0) is 22.8. The molecule has 4 rings (SSSR count). The summed E-state index contributed by atoms with van der Waals surface area (Å²) >= 11 is 0. The van der Waals surface area contributed by atoms with E-state index in [9.17, 15) is 4.79 Å². The molecule has 0 atom stereocenters. The number of fused-ring (bicyclic) bond motifs is 1. The van der Waals surface area contributed by atoms with Crippen molar-refractivity contribution in [3.8, 4) is 23.1 Å². The monoisotopic (exact) mass is 429 g/mol. The van der Waals surface area contributed by atoms with E-state index in [2.05, 4.69) is 10.4 Å². The number of nitrogens with zero attached hydrogens (tertiary/aromatic N) is 4. The van der Waals surface area contributed by atoms with Crippen LogP contribution in [-0.2, 0) is 0 Å². The van der Waals surface area contributed by atoms with Gasteiger partial charge >= 0.3 is 0 Å². The number of hydrogen-bond donors (Lipinski definition) is 1. The Morgan fingerprint density at radius 3 is 2.62 bits per heavy atom. The molecule has 8 nitrogen and oxygen atoms in total. The van der Waals surface area contributed by atoms with Crippen molar-refractivity contribution in [3.05, 3.63) is 59.7 Å². The Bertz CT molecular complexity index is 1330. The third-order valence-corrected chi connectivity index (χ3v) is 5.03. The number of rotatable bonds is 6. The summed E-state index contributed by atoms with van der Waals surface area (Å²) in [5, 5.41) is 16.7. The molecule has 0 aliphatic heterocycles. The molecule has 0 spiro atoms. The number of nitrogens with one attached hydrogen (secondary N) is 1. The summed E-state index contributed by atoms with van der Waals surface area (Å²) in [7, 11) is 0. The highest BCUT2D eigenvalue weighted by atomic mass is 16.5. The number of nitriles is 1. The Kier molecular flexibility index (Phi) is 5.65. The molecule has 0 fully saturated rings. The topological polar surface area (TPSA) is 106 Å². The molecule has 1 N–H and O–H groups in total. The molecule has 3 heterocycles. The van der Waals surface area contributed by atoms with E-state index in [1.807, 2.05) is 39.8 Å². The first-order valence-corrected chi connectivity index (χ1v) is 10.2. The van der Waals surface area contributed by atoms with Gasteiger partial charge in [0, 0.05) is 17.3 Å². The maximum atomic E-state index is 13.3. The van der Waals surface area contributed by atoms with E-state index in [-0.39, 0.29) is 18.6 Å². The lowest BCUT2D eigenvalue weighted by atomic mass is 10.1. The summed E-state index contributed by atoms with van der Waals surface area (Å²) < 4.78 is 12.7. The minimum atomic E-state index is -0.273. The van der Waals surface area contributed by atoms with Crippen LogP contribution in [0.25, 0.3) is 22.3 Å². The average Bonchev–Trinajstić information content (AvgIpc) is 3.35. The van der Waals surface area contributed by atoms with Gasteiger partial charge in [0.1, 0.15) is 23.3 Å². The summed E-state index contributed by atoms with van der Waals surface area (Å²) in [5.41, 5.74) is 3.21. The summed E-state index contributed by atoms with van der Waals surface area (Å²) in [5.74, 6) is 1.80. The first-order valence-electron chi connectivity index (χ1n) is 10.2. The number of benzene rings is 1. The highest BCUT2D eigenvalue weighted by Gasteiger charge is 2.20. The summed E-state index contributed by atoms with van der Waals surface area (Å²) in [4.78, 5) is 18.1. The SMILES string of the molecule is Cc1cc(-c2cc(C(=O)Nc3ccc(OCC#N)cc3)c3cnn(C(C)C)c3n2)c(C)o1. The van der Waals surface area contributed by atoms with Crippen LogP contribution in [-0.4, -0.2) is 27.3 Å². The Balaban J connectivity index is 1.74. The predicted molar refractivity (Wildman–Crippen MR) is 121 cm³/mol. The standard InChI is InChI=1S/C24H23N5O3/c1-14(2)29-23-21(13-26-29)20(12-22(28-23)19-11-15(3)32-16(19)4)24(30)27-17-5-7-18(8-6-17)31-10-9-25/h5-8,11-14H,10H2,1-4H3,(H,27,30). The van der Waals surface area contributed by atoms with E-state index >= 15 is 0 Å². The molecule has 162 valence electrons. The maximum absolute atomic E-state index is 13.3. The quantitative estimate of drug-likeness (QED) is 0.460. The summed E-state index contributed by atoms with van der Waals surface area (Å²) in [6.45, 7) is 7.76. The highest BCUT2D eigenvalue weighted by Crippen LogP contribution is 2.30. The van der Waals surface area contributed by atoms with E-state index in [4.69, 9.17) is 19.4 Å². The van der Waals surface area contributed by atoms with Crippen LogP contribution < -0.4 is 10.1 Å². The molecular formula is C24H23N5O3. The molecule has 0 aliphatic carbocycles. The van der Waals surface area contributed by atoms with Crippen LogP contribution in [0, 0.1) is 25.2 Å². The second-order valence-electron chi connectivity index (χ2n) is 7.73. The molecule has 1 aromatic carbocycles. The Hall–Kier alpha value is -4.12. The predicted octanol–water partition coefficient (Wildman–Crippen LogP) is 5.04. The van der Waals surface area contributed by atoms with Gasteiger partial charge in [0.05, 0.1) is 22.8 Å². The number of ether oxygens (including phenoxy) is 1. The Labute approximate surface area is 185 Å². The fourth-order valence-electron chi connectivity index (χ4n) is 3.56. The van der Waals surface area contributed by atoms with Crippen molar-refractivity contribution in [1.82, 2.24) is 14.8 Å². The maximum Gasteiger partial charge on any atom is 0.256 e. The van der Waals surface area contributed by atoms with Crippen molar-refractivity contribution in [3.63, 3.8) is 0 Å². The number of amides is 1. The second kappa shape index (κ2) is 8.55. The number of carbonyl (C=O) groups excluding carboxylic acids is 1. The first-order chi connectivity index (χ1) is 15.4. The van der Waals surface area contributed by atoms with Crippen molar-refractivity contribution in [2.24, 2.45) is 0 Å². The zero-order valence-corrected chi connectivity index (χ0v) is 18.3. The highest BCUT2D eigenvalue weighted by molar-refractivity contribution is 6.12. The normalized spacial score (nSPS) is 11.0. The Morgan fingerprint density at radius 2 is 2.00 bits per heavy atom. The van der Waals surface area contributed by atoms with E-state index in [1.54, 1.807) is 41.2 Å². The van der Waals surface area contributed by atoms with Gasteiger partial charge in [-0.1, -0.05) is 0 Å². The lowest BCUT2D eigenvalue weighted by Gasteiger charge is -2.11. The lowest BCUT2D eigenvalue weighted by Crippen LogP contribution is -2.13. The van der Waals surface area contributed by atoms with Crippen LogP contribution in [0.5, 0.6) is 5.75 Å². The number of furan rings is 1. The van der Waals surface area contributed by atoms with Gasteiger partial charge in [-0.15, -0.1) is 0 Å². The summed E-state index contributed by atoms with van der Waals surface area (Å²) in [6.07, 6.45) is 1.67. The number of aryl methyl sites for hydroxylation is 2. The molecule has 8 heteroatoms. The average molecular weight is 429 g/mol. The lowest BCUT2D eigenvalue weighted by molar-refractivity contribution is 0.102. The molecule has 0 saturated heterocycles. The molecule has 4 aromatic rings. The Morgan fingerprint density at radius 1 is 1.25 bits per heavy atom. The molecule has 0 radical (unpaired) electrons. The van der Waals surface area contributed by atoms with Gasteiger partial charge in [0.15, 0.2) is 12.3 Å². The van der Waals surface area contributed by atoms with Gasteiger partial charge < -0.3 is 14.5 Å². The first kappa shape index (κ1) is 21.1. The third kappa shape index (κ3) is 4.05. The van der Waals surface area contributed by atoms with Crippen LogP contribution in [0.3, 0.4) is 0 Å². The molecular weight excluding hydrogens is 406 g/mol. The van der Waals surface area contributed by atoms with Gasteiger partial charge in [0.25, 0.3) is 5.91 Å². The van der Waals surface area contributed by atoms with Crippen LogP contribution in [0.4, 0.5) is 5.69 Å². The van der Waals surface area contributed by atoms with Crippen molar-refractivity contribution in [2.45, 2.75) is 33.7 Å². The number of pyridine rings is 1. The van der Waals surface area contributed by atoms with E-state index < -0.39 is 0 Å². The van der Waals surface area contributed by atoms with Gasteiger partial charge in [-0.05, 0) is 64.1 Å². The van der Waals surface area contributed by atoms with Crippen molar-refractivity contribution in [1.29, 1.82) is 5.26 Å². The van der Waals surface area contributed by atoms with E-state index in [1.165, 1.54) is 0 Å². The van der Waals surface area contributed by atoms with Crippen LogP contribution in [0.1, 0.15) is 41.8 Å². The second-order valence-corrected chi connectivity index (χ2v) is 7.73. The molecule has 1 amide bonds. The number of anilines is 1.